The van der Waals surface area contributed by atoms with Gasteiger partial charge in [-0.1, -0.05) is 6.92 Å². The zero-order chi connectivity index (χ0) is 12.0. The number of hydrogen-bond donors (Lipinski definition) is 0. The van der Waals surface area contributed by atoms with Gasteiger partial charge in [0, 0.05) is 13.5 Å². The fourth-order valence-corrected chi connectivity index (χ4v) is 1.30. The van der Waals surface area contributed by atoms with E-state index in [0.29, 0.717) is 24.5 Å². The molecule has 0 bridgehead atoms. The predicted molar refractivity (Wildman–Crippen MR) is 60.8 cm³/mol. The average Bonchev–Trinajstić information content (AvgIpc) is 2.29. The molecule has 88 valence electrons. The van der Waals surface area contributed by atoms with Gasteiger partial charge in [0.05, 0.1) is 12.8 Å². The van der Waals surface area contributed by atoms with Gasteiger partial charge in [-0.3, -0.25) is 4.79 Å². The van der Waals surface area contributed by atoms with E-state index >= 15 is 0 Å². The van der Waals surface area contributed by atoms with Crippen molar-refractivity contribution in [2.24, 2.45) is 0 Å². The minimum Gasteiger partial charge on any atom is -0.487 e. The Morgan fingerprint density at radius 1 is 1.50 bits per heavy atom. The van der Waals surface area contributed by atoms with E-state index in [2.05, 4.69) is 4.98 Å². The standard InChI is InChI=1S/C12H17NO3/c1-4-12(14)11-6-5-10(7-13-11)16-9(2)8-15-3/h5-7,9H,4,8H2,1-3H3. The molecule has 1 heterocycles. The van der Waals surface area contributed by atoms with Gasteiger partial charge in [0.25, 0.3) is 0 Å². The smallest absolute Gasteiger partial charge is 0.180 e. The first kappa shape index (κ1) is 12.6. The second-order valence-electron chi connectivity index (χ2n) is 3.54. The second kappa shape index (κ2) is 6.23. The topological polar surface area (TPSA) is 48.4 Å². The molecule has 0 N–H and O–H groups in total. The van der Waals surface area contributed by atoms with Crippen LogP contribution in [0.15, 0.2) is 18.3 Å². The highest BCUT2D eigenvalue weighted by atomic mass is 16.5. The van der Waals surface area contributed by atoms with Crippen LogP contribution >= 0.6 is 0 Å². The third-order valence-corrected chi connectivity index (χ3v) is 2.08. The lowest BCUT2D eigenvalue weighted by Crippen LogP contribution is -2.18. The molecular weight excluding hydrogens is 206 g/mol. The summed E-state index contributed by atoms with van der Waals surface area (Å²) in [5.41, 5.74) is 0.481. The van der Waals surface area contributed by atoms with Crippen LogP contribution in [0, 0.1) is 0 Å². The van der Waals surface area contributed by atoms with Crippen LogP contribution in [-0.2, 0) is 4.74 Å². The molecule has 1 aromatic heterocycles. The molecule has 1 atom stereocenters. The average molecular weight is 223 g/mol. The van der Waals surface area contributed by atoms with Crippen molar-refractivity contribution < 1.29 is 14.3 Å². The Kier molecular flexibility index (Phi) is 4.92. The van der Waals surface area contributed by atoms with Crippen molar-refractivity contribution >= 4 is 5.78 Å². The van der Waals surface area contributed by atoms with Crippen LogP contribution in [-0.4, -0.2) is 30.6 Å². The molecule has 1 rings (SSSR count). The summed E-state index contributed by atoms with van der Waals surface area (Å²) in [6.07, 6.45) is 2.00. The van der Waals surface area contributed by atoms with E-state index in [1.807, 2.05) is 13.8 Å². The van der Waals surface area contributed by atoms with Crippen molar-refractivity contribution in [2.45, 2.75) is 26.4 Å². The molecule has 16 heavy (non-hydrogen) atoms. The third kappa shape index (κ3) is 3.62. The van der Waals surface area contributed by atoms with Crippen molar-refractivity contribution in [3.05, 3.63) is 24.0 Å². The molecule has 0 aliphatic carbocycles. The van der Waals surface area contributed by atoms with Gasteiger partial charge >= 0.3 is 0 Å². The summed E-state index contributed by atoms with van der Waals surface area (Å²) in [4.78, 5) is 15.4. The molecule has 0 saturated carbocycles. The number of aromatic nitrogens is 1. The molecule has 0 aliphatic rings. The number of ether oxygens (including phenoxy) is 2. The zero-order valence-corrected chi connectivity index (χ0v) is 9.90. The van der Waals surface area contributed by atoms with Gasteiger partial charge in [-0.25, -0.2) is 4.98 Å². The quantitative estimate of drug-likeness (QED) is 0.693. The Morgan fingerprint density at radius 3 is 2.75 bits per heavy atom. The maximum atomic E-state index is 11.3. The lowest BCUT2D eigenvalue weighted by atomic mass is 10.2. The number of carbonyl (C=O) groups excluding carboxylic acids is 1. The van der Waals surface area contributed by atoms with E-state index in [0.717, 1.165) is 0 Å². The number of rotatable bonds is 6. The molecule has 0 fully saturated rings. The number of nitrogens with zero attached hydrogens (tertiary/aromatic N) is 1. The summed E-state index contributed by atoms with van der Waals surface area (Å²) in [5, 5.41) is 0. The maximum Gasteiger partial charge on any atom is 0.180 e. The van der Waals surface area contributed by atoms with Crippen molar-refractivity contribution in [3.8, 4) is 5.75 Å². The summed E-state index contributed by atoms with van der Waals surface area (Å²) < 4.78 is 10.5. The van der Waals surface area contributed by atoms with E-state index in [1.54, 1.807) is 25.4 Å². The fourth-order valence-electron chi connectivity index (χ4n) is 1.30. The molecule has 1 aromatic rings. The van der Waals surface area contributed by atoms with Crippen LogP contribution in [0.2, 0.25) is 0 Å². The van der Waals surface area contributed by atoms with Gasteiger partial charge in [0.1, 0.15) is 17.5 Å². The van der Waals surface area contributed by atoms with E-state index in [1.165, 1.54) is 0 Å². The van der Waals surface area contributed by atoms with Gasteiger partial charge in [0.15, 0.2) is 5.78 Å². The highest BCUT2D eigenvalue weighted by Gasteiger charge is 2.06. The van der Waals surface area contributed by atoms with Crippen LogP contribution in [0.4, 0.5) is 0 Å². The lowest BCUT2D eigenvalue weighted by Gasteiger charge is -2.13. The molecule has 4 nitrogen and oxygen atoms in total. The minimum absolute atomic E-state index is 0.0282. The molecule has 0 amide bonds. The van der Waals surface area contributed by atoms with Crippen LogP contribution < -0.4 is 4.74 Å². The Hall–Kier alpha value is -1.42. The molecule has 1 unspecified atom stereocenters. The van der Waals surface area contributed by atoms with Gasteiger partial charge in [-0.15, -0.1) is 0 Å². The van der Waals surface area contributed by atoms with Crippen LogP contribution in [0.3, 0.4) is 0 Å². The number of Topliss-reactive ketones (excluding diaryl/α,β-unsaturated/α-hetero) is 1. The van der Waals surface area contributed by atoms with Crippen LogP contribution in [0.1, 0.15) is 30.8 Å². The molecule has 0 spiro atoms. The van der Waals surface area contributed by atoms with Crippen molar-refractivity contribution in [1.29, 1.82) is 0 Å². The molecule has 0 radical (unpaired) electrons. The fraction of sp³-hybridized carbons (Fsp3) is 0.500. The highest BCUT2D eigenvalue weighted by molar-refractivity contribution is 5.93. The largest absolute Gasteiger partial charge is 0.487 e. The number of hydrogen-bond acceptors (Lipinski definition) is 4. The maximum absolute atomic E-state index is 11.3. The zero-order valence-electron chi connectivity index (χ0n) is 9.90. The van der Waals surface area contributed by atoms with Crippen molar-refractivity contribution in [3.63, 3.8) is 0 Å². The summed E-state index contributed by atoms with van der Waals surface area (Å²) in [6.45, 7) is 4.25. The van der Waals surface area contributed by atoms with Gasteiger partial charge < -0.3 is 9.47 Å². The Balaban J connectivity index is 2.61. The van der Waals surface area contributed by atoms with E-state index in [4.69, 9.17) is 9.47 Å². The van der Waals surface area contributed by atoms with Crippen molar-refractivity contribution in [2.75, 3.05) is 13.7 Å². The Labute approximate surface area is 95.6 Å². The Morgan fingerprint density at radius 2 is 2.25 bits per heavy atom. The molecular formula is C12H17NO3. The van der Waals surface area contributed by atoms with E-state index in [9.17, 15) is 4.79 Å². The van der Waals surface area contributed by atoms with E-state index in [-0.39, 0.29) is 11.9 Å². The van der Waals surface area contributed by atoms with Crippen LogP contribution in [0.5, 0.6) is 5.75 Å². The van der Waals surface area contributed by atoms with E-state index < -0.39 is 0 Å². The normalized spacial score (nSPS) is 12.2. The minimum atomic E-state index is -0.0282. The summed E-state index contributed by atoms with van der Waals surface area (Å²) in [5.74, 6) is 0.689. The predicted octanol–water partition coefficient (Wildman–Crippen LogP) is 2.09. The molecule has 0 aliphatic heterocycles. The molecule has 0 saturated heterocycles. The first-order valence-corrected chi connectivity index (χ1v) is 5.32. The monoisotopic (exact) mass is 223 g/mol. The molecule has 0 aromatic carbocycles. The first-order valence-electron chi connectivity index (χ1n) is 5.32. The highest BCUT2D eigenvalue weighted by Crippen LogP contribution is 2.12. The van der Waals surface area contributed by atoms with Gasteiger partial charge in [0.2, 0.25) is 0 Å². The number of ketones is 1. The lowest BCUT2D eigenvalue weighted by molar-refractivity contribution is 0.0916. The summed E-state index contributed by atoms with van der Waals surface area (Å²) >= 11 is 0. The Bertz CT molecular complexity index is 335. The van der Waals surface area contributed by atoms with Gasteiger partial charge in [-0.05, 0) is 19.1 Å². The third-order valence-electron chi connectivity index (χ3n) is 2.08. The molecule has 4 heteroatoms. The number of pyridine rings is 1. The van der Waals surface area contributed by atoms with Crippen molar-refractivity contribution in [1.82, 2.24) is 4.98 Å². The SMILES string of the molecule is CCC(=O)c1ccc(OC(C)COC)cn1. The number of methoxy groups -OCH3 is 1. The van der Waals surface area contributed by atoms with Crippen LogP contribution in [0.25, 0.3) is 0 Å². The number of carbonyl (C=O) groups is 1. The van der Waals surface area contributed by atoms with Gasteiger partial charge in [-0.2, -0.15) is 0 Å². The summed E-state index contributed by atoms with van der Waals surface area (Å²) in [6, 6.07) is 3.43. The summed E-state index contributed by atoms with van der Waals surface area (Å²) in [7, 11) is 1.63. The second-order valence-corrected chi connectivity index (χ2v) is 3.54. The first-order chi connectivity index (χ1) is 7.67.